The van der Waals surface area contributed by atoms with Crippen LogP contribution >= 0.6 is 0 Å². The van der Waals surface area contributed by atoms with Crippen LogP contribution in [0.4, 0.5) is 0 Å². The fraction of sp³-hybridized carbons (Fsp3) is 0.500. The van der Waals surface area contributed by atoms with Gasteiger partial charge in [0.15, 0.2) is 6.10 Å². The molecule has 18 heavy (non-hydrogen) atoms. The summed E-state index contributed by atoms with van der Waals surface area (Å²) in [6.45, 7) is 2.57. The van der Waals surface area contributed by atoms with E-state index in [1.807, 2.05) is 31.3 Å². The minimum Gasteiger partial charge on any atom is -0.481 e. The summed E-state index contributed by atoms with van der Waals surface area (Å²) in [4.78, 5) is 11.8. The fourth-order valence-electron chi connectivity index (χ4n) is 1.74. The van der Waals surface area contributed by atoms with Crippen LogP contribution in [0.15, 0.2) is 24.3 Å². The molecule has 1 fully saturated rings. The first-order chi connectivity index (χ1) is 8.69. The minimum absolute atomic E-state index is 0.0310. The highest BCUT2D eigenvalue weighted by atomic mass is 16.5. The standard InChI is InChI=1S/C14H20N2O2/c1-10(14(17)16-12-6-7-12)18-13-5-3-4-11(8-13)9-15-2/h3-5,8,10,12,15H,6-7,9H2,1-2H3,(H,16,17). The number of hydrogen-bond acceptors (Lipinski definition) is 3. The molecule has 0 aromatic heterocycles. The third-order valence-corrected chi connectivity index (χ3v) is 2.89. The second-order valence-electron chi connectivity index (χ2n) is 4.72. The Morgan fingerprint density at radius 1 is 1.50 bits per heavy atom. The molecule has 1 aliphatic carbocycles. The Morgan fingerprint density at radius 3 is 2.94 bits per heavy atom. The normalized spacial score (nSPS) is 16.1. The van der Waals surface area contributed by atoms with Crippen molar-refractivity contribution >= 4 is 5.91 Å². The fourth-order valence-corrected chi connectivity index (χ4v) is 1.74. The lowest BCUT2D eigenvalue weighted by Crippen LogP contribution is -2.37. The van der Waals surface area contributed by atoms with Crippen LogP contribution < -0.4 is 15.4 Å². The number of amides is 1. The Morgan fingerprint density at radius 2 is 2.28 bits per heavy atom. The number of carbonyl (C=O) groups is 1. The lowest BCUT2D eigenvalue weighted by molar-refractivity contribution is -0.127. The highest BCUT2D eigenvalue weighted by Gasteiger charge is 2.26. The van der Waals surface area contributed by atoms with Crippen molar-refractivity contribution in [2.24, 2.45) is 0 Å². The van der Waals surface area contributed by atoms with Crippen LogP contribution in [-0.4, -0.2) is 25.1 Å². The molecule has 1 saturated carbocycles. The highest BCUT2D eigenvalue weighted by molar-refractivity contribution is 5.81. The van der Waals surface area contributed by atoms with Gasteiger partial charge < -0.3 is 15.4 Å². The van der Waals surface area contributed by atoms with Crippen LogP contribution in [0.25, 0.3) is 0 Å². The van der Waals surface area contributed by atoms with Gasteiger partial charge in [0.05, 0.1) is 0 Å². The molecule has 0 heterocycles. The first-order valence-electron chi connectivity index (χ1n) is 6.39. The van der Waals surface area contributed by atoms with E-state index < -0.39 is 6.10 Å². The third-order valence-electron chi connectivity index (χ3n) is 2.89. The van der Waals surface area contributed by atoms with Gasteiger partial charge in [-0.25, -0.2) is 0 Å². The Bertz CT molecular complexity index is 416. The predicted molar refractivity (Wildman–Crippen MR) is 70.5 cm³/mol. The molecule has 2 rings (SSSR count). The minimum atomic E-state index is -0.449. The molecule has 1 amide bonds. The van der Waals surface area contributed by atoms with Crippen LogP contribution in [0.3, 0.4) is 0 Å². The number of hydrogen-bond donors (Lipinski definition) is 2. The molecular weight excluding hydrogens is 228 g/mol. The number of rotatable bonds is 6. The molecule has 98 valence electrons. The Labute approximate surface area is 108 Å². The molecular formula is C14H20N2O2. The van der Waals surface area contributed by atoms with Gasteiger partial charge in [-0.1, -0.05) is 12.1 Å². The van der Waals surface area contributed by atoms with E-state index in [9.17, 15) is 4.79 Å². The van der Waals surface area contributed by atoms with Gasteiger partial charge in [0.25, 0.3) is 5.91 Å². The molecule has 1 atom stereocenters. The van der Waals surface area contributed by atoms with Crippen molar-refractivity contribution < 1.29 is 9.53 Å². The molecule has 0 saturated heterocycles. The summed E-state index contributed by atoms with van der Waals surface area (Å²) in [5.41, 5.74) is 1.14. The van der Waals surface area contributed by atoms with Crippen molar-refractivity contribution in [3.8, 4) is 5.75 Å². The monoisotopic (exact) mass is 248 g/mol. The molecule has 0 radical (unpaired) electrons. The average Bonchev–Trinajstić information content (AvgIpc) is 3.14. The molecule has 0 spiro atoms. The highest BCUT2D eigenvalue weighted by Crippen LogP contribution is 2.19. The summed E-state index contributed by atoms with van der Waals surface area (Å²) in [5, 5.41) is 6.02. The van der Waals surface area contributed by atoms with Crippen molar-refractivity contribution in [3.63, 3.8) is 0 Å². The van der Waals surface area contributed by atoms with Crippen LogP contribution in [-0.2, 0) is 11.3 Å². The van der Waals surface area contributed by atoms with Gasteiger partial charge in [-0.3, -0.25) is 4.79 Å². The number of ether oxygens (including phenoxy) is 1. The maximum atomic E-state index is 11.8. The van der Waals surface area contributed by atoms with E-state index in [-0.39, 0.29) is 5.91 Å². The van der Waals surface area contributed by atoms with E-state index in [4.69, 9.17) is 4.74 Å². The molecule has 1 unspecified atom stereocenters. The van der Waals surface area contributed by atoms with Crippen molar-refractivity contribution in [3.05, 3.63) is 29.8 Å². The zero-order valence-corrected chi connectivity index (χ0v) is 10.9. The maximum absolute atomic E-state index is 11.8. The van der Waals surface area contributed by atoms with E-state index in [0.29, 0.717) is 6.04 Å². The molecule has 0 aliphatic heterocycles. The number of benzene rings is 1. The molecule has 2 N–H and O–H groups in total. The Kier molecular flexibility index (Phi) is 4.20. The lowest BCUT2D eigenvalue weighted by atomic mass is 10.2. The maximum Gasteiger partial charge on any atom is 0.260 e. The average molecular weight is 248 g/mol. The van der Waals surface area contributed by atoms with Gasteiger partial charge >= 0.3 is 0 Å². The van der Waals surface area contributed by atoms with E-state index in [1.54, 1.807) is 6.92 Å². The summed E-state index contributed by atoms with van der Waals surface area (Å²) in [5.74, 6) is 0.706. The quantitative estimate of drug-likeness (QED) is 0.801. The van der Waals surface area contributed by atoms with Crippen molar-refractivity contribution in [2.45, 2.75) is 38.5 Å². The molecule has 4 heteroatoms. The summed E-state index contributed by atoms with van der Waals surface area (Å²) >= 11 is 0. The summed E-state index contributed by atoms with van der Waals surface area (Å²) in [6, 6.07) is 8.17. The van der Waals surface area contributed by atoms with E-state index in [2.05, 4.69) is 10.6 Å². The molecule has 0 bridgehead atoms. The Balaban J connectivity index is 1.90. The van der Waals surface area contributed by atoms with E-state index in [0.717, 1.165) is 30.7 Å². The van der Waals surface area contributed by atoms with Gasteiger partial charge in [0.1, 0.15) is 5.75 Å². The largest absolute Gasteiger partial charge is 0.481 e. The van der Waals surface area contributed by atoms with Crippen LogP contribution in [0.5, 0.6) is 5.75 Å². The smallest absolute Gasteiger partial charge is 0.260 e. The topological polar surface area (TPSA) is 50.4 Å². The zero-order chi connectivity index (χ0) is 13.0. The van der Waals surface area contributed by atoms with Gasteiger partial charge in [-0.15, -0.1) is 0 Å². The summed E-state index contributed by atoms with van der Waals surface area (Å²) < 4.78 is 5.65. The first kappa shape index (κ1) is 12.9. The van der Waals surface area contributed by atoms with Crippen LogP contribution in [0.1, 0.15) is 25.3 Å². The number of nitrogens with one attached hydrogen (secondary N) is 2. The summed E-state index contributed by atoms with van der Waals surface area (Å²) in [6.07, 6.45) is 1.74. The van der Waals surface area contributed by atoms with Gasteiger partial charge in [-0.2, -0.15) is 0 Å². The van der Waals surface area contributed by atoms with Gasteiger partial charge in [0, 0.05) is 12.6 Å². The zero-order valence-electron chi connectivity index (χ0n) is 10.9. The van der Waals surface area contributed by atoms with Crippen molar-refractivity contribution in [1.82, 2.24) is 10.6 Å². The number of carbonyl (C=O) groups excluding carboxylic acids is 1. The third kappa shape index (κ3) is 3.74. The SMILES string of the molecule is CNCc1cccc(OC(C)C(=O)NC2CC2)c1. The molecule has 1 aliphatic rings. The Hall–Kier alpha value is -1.55. The van der Waals surface area contributed by atoms with Crippen molar-refractivity contribution in [2.75, 3.05) is 7.05 Å². The second kappa shape index (κ2) is 5.87. The van der Waals surface area contributed by atoms with Crippen LogP contribution in [0, 0.1) is 0 Å². The van der Waals surface area contributed by atoms with E-state index in [1.165, 1.54) is 0 Å². The predicted octanol–water partition coefficient (Wildman–Crippen LogP) is 1.45. The summed E-state index contributed by atoms with van der Waals surface area (Å²) in [7, 11) is 1.90. The second-order valence-corrected chi connectivity index (χ2v) is 4.72. The first-order valence-corrected chi connectivity index (χ1v) is 6.39. The van der Waals surface area contributed by atoms with Crippen LogP contribution in [0.2, 0.25) is 0 Å². The van der Waals surface area contributed by atoms with E-state index >= 15 is 0 Å². The molecule has 1 aromatic carbocycles. The molecule has 1 aromatic rings. The van der Waals surface area contributed by atoms with Crippen molar-refractivity contribution in [1.29, 1.82) is 0 Å². The van der Waals surface area contributed by atoms with Gasteiger partial charge in [0.2, 0.25) is 0 Å². The molecule has 4 nitrogen and oxygen atoms in total. The lowest BCUT2D eigenvalue weighted by Gasteiger charge is -2.15. The van der Waals surface area contributed by atoms with Gasteiger partial charge in [-0.05, 0) is 44.5 Å².